The highest BCUT2D eigenvalue weighted by Crippen LogP contribution is 2.49. The maximum Gasteiger partial charge on any atom is 0.325 e. The summed E-state index contributed by atoms with van der Waals surface area (Å²) in [6.45, 7) is 1.84. The third-order valence-corrected chi connectivity index (χ3v) is 6.52. The lowest BCUT2D eigenvalue weighted by Crippen LogP contribution is -2.46. The van der Waals surface area contributed by atoms with E-state index in [4.69, 9.17) is 0 Å². The third kappa shape index (κ3) is 3.70. The lowest BCUT2D eigenvalue weighted by molar-refractivity contribution is -0.132. The van der Waals surface area contributed by atoms with Crippen molar-refractivity contribution >= 4 is 17.8 Å². The van der Waals surface area contributed by atoms with E-state index < -0.39 is 12.1 Å². The Labute approximate surface area is 159 Å². The van der Waals surface area contributed by atoms with Gasteiger partial charge < -0.3 is 10.6 Å². The Bertz CT molecular complexity index is 735. The molecular weight excluding hydrogens is 342 g/mol. The molecule has 5 atom stereocenters. The molecule has 0 spiro atoms. The van der Waals surface area contributed by atoms with Gasteiger partial charge in [0.15, 0.2) is 0 Å². The summed E-state index contributed by atoms with van der Waals surface area (Å²) in [4.78, 5) is 38.2. The first-order chi connectivity index (χ1) is 13.0. The average Bonchev–Trinajstić information content (AvgIpc) is 3.34. The minimum absolute atomic E-state index is 0.0914. The predicted molar refractivity (Wildman–Crippen MR) is 101 cm³/mol. The molecule has 3 aliphatic rings. The summed E-state index contributed by atoms with van der Waals surface area (Å²) in [7, 11) is 0. The zero-order valence-electron chi connectivity index (χ0n) is 15.7. The number of benzene rings is 1. The number of rotatable bonds is 6. The van der Waals surface area contributed by atoms with Crippen molar-refractivity contribution in [3.8, 4) is 0 Å². The molecule has 3 fully saturated rings. The zero-order chi connectivity index (χ0) is 19.0. The molecule has 2 saturated carbocycles. The Hall–Kier alpha value is -2.37. The van der Waals surface area contributed by atoms with Crippen LogP contribution >= 0.6 is 0 Å². The summed E-state index contributed by atoms with van der Waals surface area (Å²) < 4.78 is 0. The van der Waals surface area contributed by atoms with E-state index in [0.29, 0.717) is 12.3 Å². The van der Waals surface area contributed by atoms with Crippen molar-refractivity contribution in [2.24, 2.45) is 17.8 Å². The summed E-state index contributed by atoms with van der Waals surface area (Å²) in [5.41, 5.74) is 0.979. The quantitative estimate of drug-likeness (QED) is 0.754. The standard InChI is InChI=1S/C21H27N3O3/c1-13(17-10-15-7-8-16(17)9-15)22-19(25)12-24-20(26)18(23-21(24)27)11-14-5-3-2-4-6-14/h2-6,13,15-18H,7-12H2,1H3,(H,22,25)(H,23,27)/t13-,15-,16-,17-,18+/m0/s1. The molecule has 4 rings (SSSR count). The second-order valence-electron chi connectivity index (χ2n) is 8.31. The SMILES string of the molecule is C[C@H](NC(=O)CN1C(=O)N[C@H](Cc2ccccc2)C1=O)[C@@H]1C[C@H]2CC[C@H]1C2. The topological polar surface area (TPSA) is 78.5 Å². The maximum atomic E-state index is 12.6. The van der Waals surface area contributed by atoms with Gasteiger partial charge in [-0.2, -0.15) is 0 Å². The van der Waals surface area contributed by atoms with Crippen LogP contribution in [-0.2, 0) is 16.0 Å². The van der Waals surface area contributed by atoms with Gasteiger partial charge in [0.05, 0.1) is 0 Å². The fourth-order valence-corrected chi connectivity index (χ4v) is 5.17. The molecule has 1 aromatic rings. The summed E-state index contributed by atoms with van der Waals surface area (Å²) in [6, 6.07) is 8.56. The molecule has 6 nitrogen and oxygen atoms in total. The molecular formula is C21H27N3O3. The van der Waals surface area contributed by atoms with Crippen LogP contribution in [0.25, 0.3) is 0 Å². The highest BCUT2D eigenvalue weighted by atomic mass is 16.2. The van der Waals surface area contributed by atoms with E-state index in [1.165, 1.54) is 25.7 Å². The van der Waals surface area contributed by atoms with E-state index in [0.717, 1.165) is 22.3 Å². The van der Waals surface area contributed by atoms with Crippen molar-refractivity contribution in [3.05, 3.63) is 35.9 Å². The first-order valence-corrected chi connectivity index (χ1v) is 9.96. The van der Waals surface area contributed by atoms with Gasteiger partial charge >= 0.3 is 6.03 Å². The van der Waals surface area contributed by atoms with Crippen molar-refractivity contribution in [2.75, 3.05) is 6.54 Å². The fourth-order valence-electron chi connectivity index (χ4n) is 5.17. The number of nitrogens with one attached hydrogen (secondary N) is 2. The van der Waals surface area contributed by atoms with Gasteiger partial charge in [-0.05, 0) is 49.5 Å². The van der Waals surface area contributed by atoms with Crippen molar-refractivity contribution in [3.63, 3.8) is 0 Å². The predicted octanol–water partition coefficient (Wildman–Crippen LogP) is 2.09. The fraction of sp³-hybridized carbons (Fsp3) is 0.571. The van der Waals surface area contributed by atoms with Gasteiger partial charge in [0.2, 0.25) is 5.91 Å². The van der Waals surface area contributed by atoms with Gasteiger partial charge in [-0.15, -0.1) is 0 Å². The van der Waals surface area contributed by atoms with E-state index in [9.17, 15) is 14.4 Å². The summed E-state index contributed by atoms with van der Waals surface area (Å²) in [6.07, 6.45) is 5.51. The van der Waals surface area contributed by atoms with Crippen LogP contribution in [0.2, 0.25) is 0 Å². The smallest absolute Gasteiger partial charge is 0.325 e. The second-order valence-corrected chi connectivity index (χ2v) is 8.31. The molecule has 0 unspecified atom stereocenters. The second kappa shape index (κ2) is 7.33. The number of carbonyl (C=O) groups excluding carboxylic acids is 3. The number of hydrogen-bond donors (Lipinski definition) is 2. The van der Waals surface area contributed by atoms with E-state index in [1.807, 2.05) is 37.3 Å². The Morgan fingerprint density at radius 1 is 1.22 bits per heavy atom. The highest BCUT2D eigenvalue weighted by molar-refractivity contribution is 6.06. The molecule has 1 aliphatic heterocycles. The molecule has 6 heteroatoms. The van der Waals surface area contributed by atoms with Gasteiger partial charge in [0, 0.05) is 12.5 Å². The molecule has 2 aliphatic carbocycles. The average molecular weight is 369 g/mol. The Morgan fingerprint density at radius 3 is 2.67 bits per heavy atom. The third-order valence-electron chi connectivity index (χ3n) is 6.52. The molecule has 1 saturated heterocycles. The van der Waals surface area contributed by atoms with Gasteiger partial charge in [0.25, 0.3) is 5.91 Å². The van der Waals surface area contributed by atoms with E-state index in [2.05, 4.69) is 10.6 Å². The van der Waals surface area contributed by atoms with E-state index in [-0.39, 0.29) is 24.4 Å². The molecule has 144 valence electrons. The number of imide groups is 1. The van der Waals surface area contributed by atoms with Crippen LogP contribution in [0.5, 0.6) is 0 Å². The summed E-state index contributed by atoms with van der Waals surface area (Å²) in [5.74, 6) is 1.49. The molecule has 2 bridgehead atoms. The van der Waals surface area contributed by atoms with Gasteiger partial charge in [-0.25, -0.2) is 4.79 Å². The summed E-state index contributed by atoms with van der Waals surface area (Å²) >= 11 is 0. The first kappa shape index (κ1) is 18.0. The van der Waals surface area contributed by atoms with Gasteiger partial charge in [-0.3, -0.25) is 14.5 Å². The molecule has 4 amide bonds. The van der Waals surface area contributed by atoms with Crippen LogP contribution < -0.4 is 10.6 Å². The van der Waals surface area contributed by atoms with E-state index in [1.54, 1.807) is 0 Å². The first-order valence-electron chi connectivity index (χ1n) is 9.96. The number of hydrogen-bond acceptors (Lipinski definition) is 3. The van der Waals surface area contributed by atoms with Crippen molar-refractivity contribution in [2.45, 2.75) is 51.1 Å². The van der Waals surface area contributed by atoms with Crippen LogP contribution in [0.1, 0.15) is 38.2 Å². The molecule has 2 N–H and O–H groups in total. The lowest BCUT2D eigenvalue weighted by Gasteiger charge is -2.29. The Morgan fingerprint density at radius 2 is 2.00 bits per heavy atom. The molecule has 0 aromatic heterocycles. The highest BCUT2D eigenvalue weighted by Gasteiger charge is 2.43. The van der Waals surface area contributed by atoms with Crippen LogP contribution in [0.4, 0.5) is 4.79 Å². The van der Waals surface area contributed by atoms with Gasteiger partial charge in [0.1, 0.15) is 12.6 Å². The Kier molecular flexibility index (Phi) is 4.89. The number of urea groups is 1. The largest absolute Gasteiger partial charge is 0.352 e. The number of carbonyl (C=O) groups is 3. The monoisotopic (exact) mass is 369 g/mol. The van der Waals surface area contributed by atoms with Crippen molar-refractivity contribution in [1.82, 2.24) is 15.5 Å². The van der Waals surface area contributed by atoms with Gasteiger partial charge in [-0.1, -0.05) is 36.8 Å². The summed E-state index contributed by atoms with van der Waals surface area (Å²) in [5, 5.41) is 5.72. The molecule has 0 radical (unpaired) electrons. The van der Waals surface area contributed by atoms with Crippen LogP contribution in [-0.4, -0.2) is 41.4 Å². The van der Waals surface area contributed by atoms with E-state index >= 15 is 0 Å². The minimum Gasteiger partial charge on any atom is -0.352 e. The zero-order valence-corrected chi connectivity index (χ0v) is 15.7. The normalized spacial score (nSPS) is 30.5. The molecule has 1 heterocycles. The van der Waals surface area contributed by atoms with Crippen molar-refractivity contribution in [1.29, 1.82) is 0 Å². The number of fused-ring (bicyclic) bond motifs is 2. The molecule has 1 aromatic carbocycles. The van der Waals surface area contributed by atoms with Crippen LogP contribution in [0, 0.1) is 17.8 Å². The van der Waals surface area contributed by atoms with Crippen LogP contribution in [0.3, 0.4) is 0 Å². The molecule has 27 heavy (non-hydrogen) atoms. The Balaban J connectivity index is 1.31. The maximum absolute atomic E-state index is 12.6. The lowest BCUT2D eigenvalue weighted by atomic mass is 9.84. The minimum atomic E-state index is -0.601. The van der Waals surface area contributed by atoms with Crippen molar-refractivity contribution < 1.29 is 14.4 Å². The number of nitrogens with zero attached hydrogens (tertiary/aromatic N) is 1. The number of amides is 4. The van der Waals surface area contributed by atoms with Crippen LogP contribution in [0.15, 0.2) is 30.3 Å².